The minimum atomic E-state index is -3.38. The Hall–Kier alpha value is -2.54. The Bertz CT molecular complexity index is 925. The van der Waals surface area contributed by atoms with Gasteiger partial charge in [0.1, 0.15) is 5.75 Å². The number of nitrogens with zero attached hydrogens (tertiary/aromatic N) is 1. The molecule has 0 saturated carbocycles. The SMILES string of the molecule is CCC(Oc1ccc(C)cc1C)C(=O)Nc1cccc(N(C)S(C)(=O)=O)c1. The van der Waals surface area contributed by atoms with Gasteiger partial charge >= 0.3 is 0 Å². The molecular formula is C20H26N2O4S. The first-order valence-corrected chi connectivity index (χ1v) is 10.6. The minimum absolute atomic E-state index is 0.281. The van der Waals surface area contributed by atoms with Gasteiger partial charge in [0.15, 0.2) is 6.10 Å². The molecule has 0 heterocycles. The highest BCUT2D eigenvalue weighted by atomic mass is 32.2. The molecule has 0 aliphatic heterocycles. The summed E-state index contributed by atoms with van der Waals surface area (Å²) in [5.41, 5.74) is 3.08. The Morgan fingerprint density at radius 3 is 2.48 bits per heavy atom. The first-order valence-electron chi connectivity index (χ1n) is 8.70. The minimum Gasteiger partial charge on any atom is -0.480 e. The maximum absolute atomic E-state index is 12.6. The second kappa shape index (κ2) is 8.43. The Labute approximate surface area is 161 Å². The molecule has 2 aromatic carbocycles. The Morgan fingerprint density at radius 1 is 1.19 bits per heavy atom. The summed E-state index contributed by atoms with van der Waals surface area (Å²) in [7, 11) is -1.91. The molecule has 2 rings (SSSR count). The lowest BCUT2D eigenvalue weighted by molar-refractivity contribution is -0.122. The number of ether oxygens (including phenoxy) is 1. The predicted octanol–water partition coefficient (Wildman–Crippen LogP) is 3.50. The number of carbonyl (C=O) groups excluding carboxylic acids is 1. The van der Waals surface area contributed by atoms with Crippen molar-refractivity contribution in [3.63, 3.8) is 0 Å². The highest BCUT2D eigenvalue weighted by Crippen LogP contribution is 2.23. The normalized spacial score (nSPS) is 12.3. The number of carbonyl (C=O) groups is 1. The molecule has 0 aliphatic carbocycles. The topological polar surface area (TPSA) is 75.7 Å². The number of benzene rings is 2. The van der Waals surface area contributed by atoms with Crippen LogP contribution >= 0.6 is 0 Å². The van der Waals surface area contributed by atoms with Crippen molar-refractivity contribution in [2.45, 2.75) is 33.3 Å². The van der Waals surface area contributed by atoms with Gasteiger partial charge in [0.25, 0.3) is 5.91 Å². The second-order valence-electron chi connectivity index (χ2n) is 6.55. The zero-order valence-corrected chi connectivity index (χ0v) is 17.1. The van der Waals surface area contributed by atoms with Gasteiger partial charge < -0.3 is 10.1 Å². The summed E-state index contributed by atoms with van der Waals surface area (Å²) in [4.78, 5) is 12.6. The molecule has 0 aliphatic rings. The first kappa shape index (κ1) is 20.8. The van der Waals surface area contributed by atoms with Gasteiger partial charge in [-0.25, -0.2) is 8.42 Å². The molecule has 0 fully saturated rings. The molecule has 0 saturated heterocycles. The third-order valence-corrected chi connectivity index (χ3v) is 5.44. The van der Waals surface area contributed by atoms with Crippen molar-refractivity contribution in [3.05, 3.63) is 53.6 Å². The number of anilines is 2. The maximum atomic E-state index is 12.6. The van der Waals surface area contributed by atoms with Gasteiger partial charge in [-0.05, 0) is 50.1 Å². The van der Waals surface area contributed by atoms with E-state index in [1.54, 1.807) is 24.3 Å². The third kappa shape index (κ3) is 5.47. The van der Waals surface area contributed by atoms with Crippen molar-refractivity contribution in [2.75, 3.05) is 22.9 Å². The van der Waals surface area contributed by atoms with Crippen LogP contribution in [0.5, 0.6) is 5.75 Å². The highest BCUT2D eigenvalue weighted by Gasteiger charge is 2.20. The molecule has 7 heteroatoms. The van der Waals surface area contributed by atoms with Crippen LogP contribution in [0, 0.1) is 13.8 Å². The van der Waals surface area contributed by atoms with Crippen LogP contribution in [0.1, 0.15) is 24.5 Å². The summed E-state index contributed by atoms with van der Waals surface area (Å²) in [6, 6.07) is 12.5. The maximum Gasteiger partial charge on any atom is 0.265 e. The fourth-order valence-corrected chi connectivity index (χ4v) is 3.10. The van der Waals surface area contributed by atoms with Crippen molar-refractivity contribution in [1.82, 2.24) is 0 Å². The molecule has 0 radical (unpaired) electrons. The number of hydrogen-bond donors (Lipinski definition) is 1. The van der Waals surface area contributed by atoms with Crippen molar-refractivity contribution in [2.24, 2.45) is 0 Å². The number of sulfonamides is 1. The lowest BCUT2D eigenvalue weighted by atomic mass is 10.1. The zero-order valence-electron chi connectivity index (χ0n) is 16.3. The van der Waals surface area contributed by atoms with Crippen LogP contribution < -0.4 is 14.4 Å². The monoisotopic (exact) mass is 390 g/mol. The third-order valence-electron chi connectivity index (χ3n) is 4.24. The van der Waals surface area contributed by atoms with Crippen molar-refractivity contribution in [1.29, 1.82) is 0 Å². The zero-order chi connectivity index (χ0) is 20.2. The Balaban J connectivity index is 2.15. The van der Waals surface area contributed by atoms with E-state index >= 15 is 0 Å². The molecule has 1 unspecified atom stereocenters. The van der Waals surface area contributed by atoms with Crippen LogP contribution in [-0.2, 0) is 14.8 Å². The average Bonchev–Trinajstić information content (AvgIpc) is 2.59. The molecule has 1 N–H and O–H groups in total. The summed E-state index contributed by atoms with van der Waals surface area (Å²) in [6.45, 7) is 5.82. The van der Waals surface area contributed by atoms with Crippen LogP contribution in [0.15, 0.2) is 42.5 Å². The smallest absolute Gasteiger partial charge is 0.265 e. The van der Waals surface area contributed by atoms with E-state index in [-0.39, 0.29) is 5.91 Å². The van der Waals surface area contributed by atoms with Crippen molar-refractivity contribution in [3.8, 4) is 5.75 Å². The Kier molecular flexibility index (Phi) is 6.49. The van der Waals surface area contributed by atoms with Gasteiger partial charge in [-0.2, -0.15) is 0 Å². The van der Waals surface area contributed by atoms with E-state index in [1.165, 1.54) is 7.05 Å². The van der Waals surface area contributed by atoms with Gasteiger partial charge in [0, 0.05) is 12.7 Å². The predicted molar refractivity (Wildman–Crippen MR) is 109 cm³/mol. The lowest BCUT2D eigenvalue weighted by Crippen LogP contribution is -2.32. The summed E-state index contributed by atoms with van der Waals surface area (Å²) < 4.78 is 30.5. The van der Waals surface area contributed by atoms with Gasteiger partial charge in [0.2, 0.25) is 10.0 Å². The summed E-state index contributed by atoms with van der Waals surface area (Å²) in [5.74, 6) is 0.393. The van der Waals surface area contributed by atoms with Crippen LogP contribution in [0.4, 0.5) is 11.4 Å². The molecule has 146 valence electrons. The van der Waals surface area contributed by atoms with E-state index in [4.69, 9.17) is 4.74 Å². The fourth-order valence-electron chi connectivity index (χ4n) is 2.60. The molecule has 0 bridgehead atoms. The number of amides is 1. The fraction of sp³-hybridized carbons (Fsp3) is 0.350. The number of rotatable bonds is 7. The van der Waals surface area contributed by atoms with Crippen LogP contribution in [0.3, 0.4) is 0 Å². The quantitative estimate of drug-likeness (QED) is 0.785. The van der Waals surface area contributed by atoms with E-state index in [2.05, 4.69) is 5.32 Å². The van der Waals surface area contributed by atoms with Crippen molar-refractivity contribution >= 4 is 27.3 Å². The van der Waals surface area contributed by atoms with E-state index in [0.717, 1.165) is 21.7 Å². The van der Waals surface area contributed by atoms with E-state index < -0.39 is 16.1 Å². The van der Waals surface area contributed by atoms with Gasteiger partial charge in [0.05, 0.1) is 11.9 Å². The van der Waals surface area contributed by atoms with Crippen molar-refractivity contribution < 1.29 is 17.9 Å². The average molecular weight is 391 g/mol. The van der Waals surface area contributed by atoms with E-state index in [9.17, 15) is 13.2 Å². The largest absolute Gasteiger partial charge is 0.480 e. The van der Waals surface area contributed by atoms with Gasteiger partial charge in [-0.3, -0.25) is 9.10 Å². The van der Waals surface area contributed by atoms with Gasteiger partial charge in [-0.1, -0.05) is 30.7 Å². The van der Waals surface area contributed by atoms with Crippen LogP contribution in [-0.4, -0.2) is 33.7 Å². The molecule has 0 aromatic heterocycles. The van der Waals surface area contributed by atoms with Crippen LogP contribution in [0.25, 0.3) is 0 Å². The summed E-state index contributed by atoms with van der Waals surface area (Å²) >= 11 is 0. The first-order chi connectivity index (χ1) is 12.6. The molecule has 6 nitrogen and oxygen atoms in total. The molecule has 1 amide bonds. The van der Waals surface area contributed by atoms with Crippen LogP contribution in [0.2, 0.25) is 0 Å². The molecule has 27 heavy (non-hydrogen) atoms. The summed E-state index contributed by atoms with van der Waals surface area (Å²) in [5, 5.41) is 2.81. The van der Waals surface area contributed by atoms with Gasteiger partial charge in [-0.15, -0.1) is 0 Å². The van der Waals surface area contributed by atoms with E-state index in [1.807, 2.05) is 39.0 Å². The lowest BCUT2D eigenvalue weighted by Gasteiger charge is -2.20. The standard InChI is InChI=1S/C20H26N2O4S/c1-6-18(26-19-11-10-14(2)12-15(19)3)20(23)21-16-8-7-9-17(13-16)22(4)27(5,24)25/h7-13,18H,6H2,1-5H3,(H,21,23). The highest BCUT2D eigenvalue weighted by molar-refractivity contribution is 7.92. The molecule has 1 atom stereocenters. The number of hydrogen-bond acceptors (Lipinski definition) is 4. The summed E-state index contributed by atoms with van der Waals surface area (Å²) in [6.07, 6.45) is 0.980. The van der Waals surface area contributed by atoms with E-state index in [0.29, 0.717) is 23.5 Å². The molecule has 2 aromatic rings. The Morgan fingerprint density at radius 2 is 1.89 bits per heavy atom. The molecular weight excluding hydrogens is 364 g/mol. The second-order valence-corrected chi connectivity index (χ2v) is 8.57. The number of aryl methyl sites for hydroxylation is 2. The molecule has 0 spiro atoms. The number of nitrogens with one attached hydrogen (secondary N) is 1.